The average molecular weight is 496 g/mol. The zero-order valence-electron chi connectivity index (χ0n) is 21.0. The Morgan fingerprint density at radius 3 is 2.11 bits per heavy atom. The number of hydrogen-bond donors (Lipinski definition) is 0. The summed E-state index contributed by atoms with van der Waals surface area (Å²) in [4.78, 5) is 52.7. The van der Waals surface area contributed by atoms with Crippen LogP contribution in [0.4, 0.5) is 0 Å². The molecule has 0 saturated heterocycles. The van der Waals surface area contributed by atoms with E-state index in [0.29, 0.717) is 11.1 Å². The molecular formula is C30H25NO6. The van der Waals surface area contributed by atoms with E-state index in [9.17, 15) is 19.2 Å². The lowest BCUT2D eigenvalue weighted by atomic mass is 9.86. The number of esters is 1. The van der Waals surface area contributed by atoms with Crippen LogP contribution < -0.4 is 10.2 Å². The Morgan fingerprint density at radius 1 is 0.892 bits per heavy atom. The Labute approximate surface area is 213 Å². The van der Waals surface area contributed by atoms with E-state index in [2.05, 4.69) is 20.8 Å². The second-order valence-electron chi connectivity index (χ2n) is 10.1. The minimum atomic E-state index is -0.929. The monoisotopic (exact) mass is 495 g/mol. The number of benzene rings is 3. The summed E-state index contributed by atoms with van der Waals surface area (Å²) in [7, 11) is 0. The summed E-state index contributed by atoms with van der Waals surface area (Å²) in [6, 6.07) is 19.0. The molecule has 2 heterocycles. The molecule has 1 aromatic heterocycles. The highest BCUT2D eigenvalue weighted by Crippen LogP contribution is 2.33. The van der Waals surface area contributed by atoms with Crippen LogP contribution in [0, 0.1) is 6.92 Å². The number of fused-ring (bicyclic) bond motifs is 2. The molecule has 0 atom stereocenters. The number of nitrogens with zero attached hydrogens (tertiary/aromatic N) is 1. The van der Waals surface area contributed by atoms with Gasteiger partial charge in [-0.15, -0.1) is 0 Å². The van der Waals surface area contributed by atoms with Crippen molar-refractivity contribution < 1.29 is 23.5 Å². The molecular weight excluding hydrogens is 470 g/mol. The quantitative estimate of drug-likeness (QED) is 0.283. The summed E-state index contributed by atoms with van der Waals surface area (Å²) in [6.07, 6.45) is 0. The van der Waals surface area contributed by atoms with Crippen molar-refractivity contribution in [2.75, 3.05) is 6.54 Å². The van der Waals surface area contributed by atoms with Crippen LogP contribution in [0.2, 0.25) is 0 Å². The maximum Gasteiger partial charge on any atom is 0.331 e. The first kappa shape index (κ1) is 24.2. The number of carbonyl (C=O) groups excluding carboxylic acids is 3. The van der Waals surface area contributed by atoms with Crippen LogP contribution in [0.15, 0.2) is 75.9 Å². The van der Waals surface area contributed by atoms with E-state index >= 15 is 0 Å². The highest BCUT2D eigenvalue weighted by atomic mass is 16.5. The van der Waals surface area contributed by atoms with Crippen molar-refractivity contribution in [2.45, 2.75) is 33.1 Å². The van der Waals surface area contributed by atoms with Crippen molar-refractivity contribution in [3.63, 3.8) is 0 Å². The van der Waals surface area contributed by atoms with Crippen molar-refractivity contribution in [3.05, 3.63) is 99.2 Å². The predicted molar refractivity (Wildman–Crippen MR) is 139 cm³/mol. The third-order valence-corrected chi connectivity index (χ3v) is 6.40. The summed E-state index contributed by atoms with van der Waals surface area (Å²) in [5.41, 5.74) is 2.67. The van der Waals surface area contributed by atoms with E-state index in [1.165, 1.54) is 12.1 Å². The van der Waals surface area contributed by atoms with Crippen molar-refractivity contribution in [1.29, 1.82) is 0 Å². The van der Waals surface area contributed by atoms with Crippen LogP contribution in [0.1, 0.15) is 52.6 Å². The van der Waals surface area contributed by atoms with Gasteiger partial charge in [0.05, 0.1) is 16.5 Å². The average Bonchev–Trinajstić information content (AvgIpc) is 3.10. The number of aryl methyl sites for hydroxylation is 1. The van der Waals surface area contributed by atoms with Gasteiger partial charge in [-0.25, -0.2) is 4.79 Å². The van der Waals surface area contributed by atoms with Crippen LogP contribution >= 0.6 is 0 Å². The van der Waals surface area contributed by atoms with E-state index < -0.39 is 29.8 Å². The van der Waals surface area contributed by atoms with Gasteiger partial charge >= 0.3 is 5.97 Å². The molecule has 1 aliphatic heterocycles. The summed E-state index contributed by atoms with van der Waals surface area (Å²) in [5.74, 6) is -2.30. The van der Waals surface area contributed by atoms with E-state index in [-0.39, 0.29) is 33.4 Å². The topological polar surface area (TPSA) is 93.9 Å². The van der Waals surface area contributed by atoms with Crippen LogP contribution in [0.3, 0.4) is 0 Å². The zero-order valence-corrected chi connectivity index (χ0v) is 21.0. The highest BCUT2D eigenvalue weighted by molar-refractivity contribution is 6.22. The first-order chi connectivity index (χ1) is 17.5. The van der Waals surface area contributed by atoms with Crippen molar-refractivity contribution in [3.8, 4) is 17.1 Å². The van der Waals surface area contributed by atoms with Gasteiger partial charge in [0.15, 0.2) is 5.76 Å². The number of carbonyl (C=O) groups is 3. The van der Waals surface area contributed by atoms with Gasteiger partial charge in [0.1, 0.15) is 12.1 Å². The van der Waals surface area contributed by atoms with Crippen LogP contribution in [-0.4, -0.2) is 29.2 Å². The number of imide groups is 1. The second-order valence-corrected chi connectivity index (χ2v) is 10.1. The van der Waals surface area contributed by atoms with Gasteiger partial charge in [-0.05, 0) is 42.2 Å². The highest BCUT2D eigenvalue weighted by Gasteiger charge is 2.37. The number of rotatable bonds is 4. The number of amides is 2. The molecule has 7 heteroatoms. The molecule has 186 valence electrons. The zero-order chi connectivity index (χ0) is 26.5. The second kappa shape index (κ2) is 8.85. The Bertz CT molecular complexity index is 1600. The molecule has 1 aliphatic rings. The summed E-state index contributed by atoms with van der Waals surface area (Å²) < 4.78 is 11.6. The Kier molecular flexibility index (Phi) is 5.79. The van der Waals surface area contributed by atoms with Gasteiger partial charge in [-0.2, -0.15) is 0 Å². The first-order valence-electron chi connectivity index (χ1n) is 11.9. The molecule has 7 nitrogen and oxygen atoms in total. The maximum atomic E-state index is 13.5. The number of ether oxygens (including phenoxy) is 1. The van der Waals surface area contributed by atoms with Gasteiger partial charge < -0.3 is 9.15 Å². The lowest BCUT2D eigenvalue weighted by molar-refractivity contribution is -0.134. The third kappa shape index (κ3) is 4.33. The summed E-state index contributed by atoms with van der Waals surface area (Å²) >= 11 is 0. The Morgan fingerprint density at radius 2 is 1.51 bits per heavy atom. The molecule has 0 N–H and O–H groups in total. The minimum absolute atomic E-state index is 0.0814. The Balaban J connectivity index is 1.53. The predicted octanol–water partition coefficient (Wildman–Crippen LogP) is 5.27. The molecule has 0 fully saturated rings. The summed E-state index contributed by atoms with van der Waals surface area (Å²) in [5, 5.41) is 0.263. The lowest BCUT2D eigenvalue weighted by Gasteiger charge is -2.19. The van der Waals surface area contributed by atoms with Crippen molar-refractivity contribution in [2.24, 2.45) is 0 Å². The fourth-order valence-electron chi connectivity index (χ4n) is 4.35. The van der Waals surface area contributed by atoms with Gasteiger partial charge in [0, 0.05) is 5.56 Å². The molecule has 0 aliphatic carbocycles. The molecule has 0 bridgehead atoms. The van der Waals surface area contributed by atoms with E-state index in [1.807, 2.05) is 25.1 Å². The standard InChI is InChI=1S/C30H25NO6/c1-17-9-14-23-22(15-17)25(33)27(26(36-23)18-10-12-19(13-11-18)30(2,3)4)37-24(32)16-31-28(34)20-7-5-6-8-21(20)29(31)35/h5-15H,16H2,1-4H3. The fourth-order valence-corrected chi connectivity index (χ4v) is 4.35. The van der Waals surface area contributed by atoms with Crippen molar-refractivity contribution >= 4 is 28.8 Å². The number of hydrogen-bond acceptors (Lipinski definition) is 6. The van der Waals surface area contributed by atoms with Crippen LogP contribution in [0.25, 0.3) is 22.3 Å². The van der Waals surface area contributed by atoms with Crippen LogP contribution in [0.5, 0.6) is 5.75 Å². The van der Waals surface area contributed by atoms with Gasteiger partial charge in [-0.3, -0.25) is 19.3 Å². The van der Waals surface area contributed by atoms with E-state index in [4.69, 9.17) is 9.15 Å². The fraction of sp³-hybridized carbons (Fsp3) is 0.200. The van der Waals surface area contributed by atoms with Gasteiger partial charge in [0.2, 0.25) is 11.2 Å². The summed E-state index contributed by atoms with van der Waals surface area (Å²) in [6.45, 7) is 7.47. The normalized spacial score (nSPS) is 13.2. The molecule has 0 radical (unpaired) electrons. The maximum absolute atomic E-state index is 13.5. The van der Waals surface area contributed by atoms with E-state index in [1.54, 1.807) is 36.4 Å². The minimum Gasteiger partial charge on any atom is -0.452 e. The smallest absolute Gasteiger partial charge is 0.331 e. The SMILES string of the molecule is Cc1ccc2oc(-c3ccc(C(C)(C)C)cc3)c(OC(=O)CN3C(=O)c4ccccc4C3=O)c(=O)c2c1. The molecule has 37 heavy (non-hydrogen) atoms. The van der Waals surface area contributed by atoms with Crippen LogP contribution in [-0.2, 0) is 10.2 Å². The van der Waals surface area contributed by atoms with Crippen molar-refractivity contribution in [1.82, 2.24) is 4.90 Å². The lowest BCUT2D eigenvalue weighted by Crippen LogP contribution is -2.37. The molecule has 2 amide bonds. The first-order valence-corrected chi connectivity index (χ1v) is 11.9. The molecule has 4 aromatic rings. The molecule has 5 rings (SSSR count). The molecule has 0 spiro atoms. The molecule has 0 saturated carbocycles. The van der Waals surface area contributed by atoms with Gasteiger partial charge in [0.25, 0.3) is 11.8 Å². The largest absolute Gasteiger partial charge is 0.452 e. The molecule has 0 unspecified atom stereocenters. The van der Waals surface area contributed by atoms with E-state index in [0.717, 1.165) is 16.0 Å². The third-order valence-electron chi connectivity index (χ3n) is 6.40. The Hall–Kier alpha value is -4.52. The molecule has 3 aromatic carbocycles. The van der Waals surface area contributed by atoms with Gasteiger partial charge in [-0.1, -0.05) is 68.8 Å².